The summed E-state index contributed by atoms with van der Waals surface area (Å²) in [5.74, 6) is 0.619. The maximum atomic E-state index is 12.6. The number of esters is 5. The smallest absolute Gasteiger partial charge is 0.343 e. The first-order chi connectivity index (χ1) is 34.4. The van der Waals surface area contributed by atoms with Gasteiger partial charge in [-0.05, 0) is 153 Å². The fraction of sp³-hybridized carbons (Fsp3) is 0.357. The Morgan fingerprint density at radius 2 is 0.803 bits per heavy atom. The SMILES string of the molecule is CCC(CC)C(=O)OCCOc1ccc(C(=O)Oc2ccc(C#N)cc2)cc1.CCC(CC)C(=O)OCCOc1ccc(C(=O)Oc2ccc(OC(=O)c3ccc(OCC4(CC)COC4)cc3)cc2)cc1. The number of carbonyl (C=O) groups is 5. The number of carbonyl (C=O) groups excluding carboxylic acids is 5. The van der Waals surface area contributed by atoms with Crippen LogP contribution in [-0.4, -0.2) is 76.1 Å². The summed E-state index contributed by atoms with van der Waals surface area (Å²) < 4.78 is 48.9. The van der Waals surface area contributed by atoms with Crippen LogP contribution in [0.5, 0.6) is 34.5 Å². The Balaban J connectivity index is 0.000000290. The summed E-state index contributed by atoms with van der Waals surface area (Å²) in [4.78, 5) is 61.0. The second-order valence-corrected chi connectivity index (χ2v) is 16.5. The summed E-state index contributed by atoms with van der Waals surface area (Å²) in [5, 5.41) is 8.77. The average molecular weight is 972 g/mol. The van der Waals surface area contributed by atoms with Crippen molar-refractivity contribution in [1.29, 1.82) is 5.26 Å². The Bertz CT molecular complexity index is 2500. The van der Waals surface area contributed by atoms with E-state index in [0.29, 0.717) is 76.6 Å². The first-order valence-corrected chi connectivity index (χ1v) is 23.8. The highest BCUT2D eigenvalue weighted by Gasteiger charge is 2.37. The first-order valence-electron chi connectivity index (χ1n) is 23.8. The van der Waals surface area contributed by atoms with E-state index in [9.17, 15) is 24.0 Å². The quantitative estimate of drug-likeness (QED) is 0.0322. The highest BCUT2D eigenvalue weighted by molar-refractivity contribution is 5.92. The lowest BCUT2D eigenvalue weighted by molar-refractivity contribution is -0.150. The van der Waals surface area contributed by atoms with Crippen molar-refractivity contribution >= 4 is 29.8 Å². The summed E-state index contributed by atoms with van der Waals surface area (Å²) in [6, 6.07) is 34.2. The molecule has 15 heteroatoms. The van der Waals surface area contributed by atoms with Crippen LogP contribution in [0.25, 0.3) is 0 Å². The predicted octanol–water partition coefficient (Wildman–Crippen LogP) is 10.4. The van der Waals surface area contributed by atoms with Crippen LogP contribution in [0.15, 0.2) is 121 Å². The van der Waals surface area contributed by atoms with Crippen molar-refractivity contribution in [1.82, 2.24) is 0 Å². The maximum absolute atomic E-state index is 12.6. The molecule has 5 aromatic carbocycles. The Hall–Kier alpha value is -7.70. The molecule has 6 rings (SSSR count). The topological polar surface area (TPSA) is 192 Å². The van der Waals surface area contributed by atoms with Crippen molar-refractivity contribution in [2.24, 2.45) is 17.3 Å². The van der Waals surface area contributed by atoms with Crippen molar-refractivity contribution in [2.45, 2.75) is 66.7 Å². The van der Waals surface area contributed by atoms with Gasteiger partial charge in [-0.15, -0.1) is 0 Å². The van der Waals surface area contributed by atoms with Gasteiger partial charge >= 0.3 is 29.8 Å². The molecule has 0 bridgehead atoms. The highest BCUT2D eigenvalue weighted by atomic mass is 16.6. The van der Waals surface area contributed by atoms with E-state index >= 15 is 0 Å². The zero-order valence-electron chi connectivity index (χ0n) is 40.8. The summed E-state index contributed by atoms with van der Waals surface area (Å²) in [6.45, 7) is 12.7. The van der Waals surface area contributed by atoms with Crippen LogP contribution in [0.4, 0.5) is 0 Å². The minimum absolute atomic E-state index is 0.0681. The van der Waals surface area contributed by atoms with Gasteiger partial charge in [-0.1, -0.05) is 34.6 Å². The fourth-order valence-corrected chi connectivity index (χ4v) is 6.83. The molecule has 0 aliphatic carbocycles. The number of ether oxygens (including phenoxy) is 9. The maximum Gasteiger partial charge on any atom is 0.343 e. The zero-order chi connectivity index (χ0) is 51.0. The lowest BCUT2D eigenvalue weighted by atomic mass is 9.84. The van der Waals surface area contributed by atoms with Crippen molar-refractivity contribution in [3.63, 3.8) is 0 Å². The molecule has 0 radical (unpaired) electrons. The molecule has 1 aliphatic rings. The van der Waals surface area contributed by atoms with Gasteiger partial charge < -0.3 is 42.6 Å². The lowest BCUT2D eigenvalue weighted by Crippen LogP contribution is -2.46. The molecule has 5 aromatic rings. The molecule has 1 fully saturated rings. The number of nitrogens with zero attached hydrogens (tertiary/aromatic N) is 1. The molecule has 1 saturated heterocycles. The number of benzene rings is 5. The van der Waals surface area contributed by atoms with Gasteiger partial charge in [-0.25, -0.2) is 14.4 Å². The van der Waals surface area contributed by atoms with E-state index in [1.54, 1.807) is 121 Å². The minimum atomic E-state index is -0.549. The first kappa shape index (κ1) is 54.2. The Morgan fingerprint density at radius 3 is 1.10 bits per heavy atom. The Morgan fingerprint density at radius 1 is 0.479 bits per heavy atom. The number of nitriles is 1. The van der Waals surface area contributed by atoms with Crippen LogP contribution in [0, 0.1) is 28.6 Å². The molecule has 374 valence electrons. The monoisotopic (exact) mass is 971 g/mol. The van der Waals surface area contributed by atoms with Gasteiger partial charge in [0.25, 0.3) is 0 Å². The van der Waals surface area contributed by atoms with Gasteiger partial charge in [-0.2, -0.15) is 5.26 Å². The van der Waals surface area contributed by atoms with Crippen molar-refractivity contribution in [2.75, 3.05) is 46.2 Å². The van der Waals surface area contributed by atoms with E-state index in [2.05, 4.69) is 6.92 Å². The van der Waals surface area contributed by atoms with Crippen molar-refractivity contribution < 1.29 is 66.6 Å². The third kappa shape index (κ3) is 17.0. The van der Waals surface area contributed by atoms with Crippen molar-refractivity contribution in [3.05, 3.63) is 144 Å². The number of hydrogen-bond acceptors (Lipinski definition) is 15. The molecule has 0 aromatic heterocycles. The normalized spacial score (nSPS) is 12.2. The summed E-state index contributed by atoms with van der Waals surface area (Å²) in [7, 11) is 0. The molecule has 0 unspecified atom stereocenters. The van der Waals surface area contributed by atoms with E-state index < -0.39 is 17.9 Å². The summed E-state index contributed by atoms with van der Waals surface area (Å²) in [5.41, 5.74) is 1.66. The Labute approximate surface area is 414 Å². The highest BCUT2D eigenvalue weighted by Crippen LogP contribution is 2.32. The van der Waals surface area contributed by atoms with Gasteiger partial charge in [0, 0.05) is 0 Å². The second-order valence-electron chi connectivity index (χ2n) is 16.5. The predicted molar refractivity (Wildman–Crippen MR) is 262 cm³/mol. The fourth-order valence-electron chi connectivity index (χ4n) is 6.83. The number of rotatable bonds is 24. The summed E-state index contributed by atoms with van der Waals surface area (Å²) >= 11 is 0. The largest absolute Gasteiger partial charge is 0.493 e. The molecule has 0 amide bonds. The van der Waals surface area contributed by atoms with E-state index in [1.165, 1.54) is 0 Å². The van der Waals surface area contributed by atoms with E-state index in [1.807, 2.05) is 33.8 Å². The summed E-state index contributed by atoms with van der Waals surface area (Å²) in [6.07, 6.45) is 3.99. The molecular formula is C56H61NO14. The molecule has 1 heterocycles. The van der Waals surface area contributed by atoms with Crippen LogP contribution in [0.3, 0.4) is 0 Å². The van der Waals surface area contributed by atoms with Gasteiger partial charge in [0.1, 0.15) is 60.9 Å². The number of hydrogen-bond donors (Lipinski definition) is 0. The zero-order valence-corrected chi connectivity index (χ0v) is 40.8. The van der Waals surface area contributed by atoms with E-state index in [-0.39, 0.29) is 55.6 Å². The molecule has 15 nitrogen and oxygen atoms in total. The standard InChI is InChI=1S/C34H38O9.C22H23NO5/c1-4-24(5-2)31(35)40-20-19-39-27-11-7-25(8-12-27)32(36)42-29-15-17-30(18-16-29)43-33(37)26-9-13-28(14-10-26)41-23-34(6-3)21-38-22-34;1-3-17(4-2)21(24)27-14-13-26-19-11-7-18(8-12-19)22(25)28-20-9-5-16(15-23)6-10-20/h7-18,24H,4-6,19-23H2,1-3H3;5-12,17H,3-4,13-14H2,1-2H3. The third-order valence-electron chi connectivity index (χ3n) is 11.7. The molecule has 0 saturated carbocycles. The average Bonchev–Trinajstić information content (AvgIpc) is 3.38. The van der Waals surface area contributed by atoms with E-state index in [0.717, 1.165) is 32.1 Å². The van der Waals surface area contributed by atoms with Crippen LogP contribution >= 0.6 is 0 Å². The van der Waals surface area contributed by atoms with Crippen LogP contribution in [0.1, 0.15) is 103 Å². The van der Waals surface area contributed by atoms with Crippen LogP contribution in [-0.2, 0) is 23.8 Å². The molecular weight excluding hydrogens is 911 g/mol. The second kappa shape index (κ2) is 28.1. The molecule has 0 atom stereocenters. The third-order valence-corrected chi connectivity index (χ3v) is 11.7. The molecule has 1 aliphatic heterocycles. The van der Waals surface area contributed by atoms with Gasteiger partial charge in [0.2, 0.25) is 0 Å². The van der Waals surface area contributed by atoms with Gasteiger partial charge in [0.05, 0.1) is 65.4 Å². The van der Waals surface area contributed by atoms with Crippen molar-refractivity contribution in [3.8, 4) is 40.6 Å². The van der Waals surface area contributed by atoms with E-state index in [4.69, 9.17) is 47.9 Å². The molecule has 0 spiro atoms. The lowest BCUT2D eigenvalue weighted by Gasteiger charge is -2.40. The molecule has 71 heavy (non-hydrogen) atoms. The molecule has 0 N–H and O–H groups in total. The van der Waals surface area contributed by atoms with Crippen LogP contribution < -0.4 is 28.4 Å². The van der Waals surface area contributed by atoms with Gasteiger partial charge in [0.15, 0.2) is 0 Å². The minimum Gasteiger partial charge on any atom is -0.493 e. The van der Waals surface area contributed by atoms with Gasteiger partial charge in [-0.3, -0.25) is 9.59 Å². The van der Waals surface area contributed by atoms with Crippen LogP contribution in [0.2, 0.25) is 0 Å². The Kier molecular flexibility index (Phi) is 21.5.